The highest BCUT2D eigenvalue weighted by atomic mass is 19.3. The molecular formula is C16H10F3N3O4. The average Bonchev–Trinajstić information content (AvgIpc) is 2.56. The quantitative estimate of drug-likeness (QED) is 0.732. The number of carbonyl (C=O) groups excluding carboxylic acids is 1. The van der Waals surface area contributed by atoms with Crippen LogP contribution < -0.4 is 20.9 Å². The molecule has 134 valence electrons. The zero-order valence-corrected chi connectivity index (χ0v) is 13.2. The molecule has 1 aromatic carbocycles. The first-order valence-electron chi connectivity index (χ1n) is 7.12. The highest BCUT2D eigenvalue weighted by Crippen LogP contribution is 2.41. The van der Waals surface area contributed by atoms with E-state index in [9.17, 15) is 27.6 Å². The summed E-state index contributed by atoms with van der Waals surface area (Å²) >= 11 is 0. The van der Waals surface area contributed by atoms with Gasteiger partial charge in [-0.05, 0) is 6.07 Å². The van der Waals surface area contributed by atoms with Crippen molar-refractivity contribution in [2.75, 3.05) is 11.4 Å². The van der Waals surface area contributed by atoms with Gasteiger partial charge in [-0.25, -0.2) is 13.8 Å². The number of hydrogen-bond donors (Lipinski definition) is 0. The van der Waals surface area contributed by atoms with Gasteiger partial charge in [0.15, 0.2) is 11.6 Å². The van der Waals surface area contributed by atoms with Crippen LogP contribution in [0.2, 0.25) is 0 Å². The van der Waals surface area contributed by atoms with Crippen LogP contribution in [-0.2, 0) is 11.8 Å². The van der Waals surface area contributed by atoms with Gasteiger partial charge in [-0.15, -0.1) is 6.42 Å². The van der Waals surface area contributed by atoms with Crippen LogP contribution in [0.1, 0.15) is 0 Å². The van der Waals surface area contributed by atoms with Crippen LogP contribution in [0.4, 0.5) is 18.9 Å². The minimum atomic E-state index is -4.22. The topological polar surface area (TPSA) is 73.5 Å². The van der Waals surface area contributed by atoms with Gasteiger partial charge >= 0.3 is 17.7 Å². The molecule has 1 aliphatic heterocycles. The summed E-state index contributed by atoms with van der Waals surface area (Å²) in [4.78, 5) is 36.5. The fraction of sp³-hybridized carbons (Fsp3) is 0.188. The predicted molar refractivity (Wildman–Crippen MR) is 84.0 cm³/mol. The van der Waals surface area contributed by atoms with E-state index in [1.165, 1.54) is 13.2 Å². The van der Waals surface area contributed by atoms with E-state index in [4.69, 9.17) is 6.42 Å². The van der Waals surface area contributed by atoms with Crippen molar-refractivity contribution in [2.24, 2.45) is 7.05 Å². The Balaban J connectivity index is 2.31. The molecule has 0 atom stereocenters. The van der Waals surface area contributed by atoms with Gasteiger partial charge in [-0.2, -0.15) is 8.78 Å². The number of benzene rings is 1. The molecule has 0 fully saturated rings. The van der Waals surface area contributed by atoms with Crippen molar-refractivity contribution >= 4 is 11.6 Å². The highest BCUT2D eigenvalue weighted by molar-refractivity contribution is 6.01. The second-order valence-corrected chi connectivity index (χ2v) is 5.37. The Morgan fingerprint density at radius 2 is 1.92 bits per heavy atom. The molecule has 0 saturated carbocycles. The maximum Gasteiger partial charge on any atom is 0.483 e. The first-order chi connectivity index (χ1) is 12.2. The third-order valence-corrected chi connectivity index (χ3v) is 3.70. The monoisotopic (exact) mass is 365 g/mol. The Morgan fingerprint density at radius 3 is 2.58 bits per heavy atom. The van der Waals surface area contributed by atoms with Crippen molar-refractivity contribution in [3.63, 3.8) is 0 Å². The summed E-state index contributed by atoms with van der Waals surface area (Å²) in [6, 6.07) is 2.47. The second-order valence-electron chi connectivity index (χ2n) is 5.37. The lowest BCUT2D eigenvalue weighted by atomic mass is 10.2. The van der Waals surface area contributed by atoms with Crippen molar-refractivity contribution in [1.29, 1.82) is 0 Å². The highest BCUT2D eigenvalue weighted by Gasteiger charge is 2.50. The Labute approximate surface area is 143 Å². The minimum Gasteiger partial charge on any atom is -0.423 e. The SMILES string of the molecule is C#CCN1C(=O)C(F)(F)Oc2cc(F)c(-n3c(=O)ccn(C)c3=O)cc21. The van der Waals surface area contributed by atoms with Crippen molar-refractivity contribution in [1.82, 2.24) is 9.13 Å². The number of ether oxygens (including phenoxy) is 1. The molecule has 26 heavy (non-hydrogen) atoms. The van der Waals surface area contributed by atoms with Gasteiger partial charge in [0.25, 0.3) is 5.56 Å². The lowest BCUT2D eigenvalue weighted by molar-refractivity contribution is -0.192. The summed E-state index contributed by atoms with van der Waals surface area (Å²) in [7, 11) is 1.34. The van der Waals surface area contributed by atoms with Crippen molar-refractivity contribution in [2.45, 2.75) is 6.11 Å². The number of carbonyl (C=O) groups is 1. The number of anilines is 1. The molecule has 1 aliphatic rings. The number of terminal acetylenes is 1. The number of nitrogens with zero attached hydrogens (tertiary/aromatic N) is 3. The minimum absolute atomic E-state index is 0.284. The third kappa shape index (κ3) is 2.54. The molecule has 10 heteroatoms. The third-order valence-electron chi connectivity index (χ3n) is 3.70. The maximum absolute atomic E-state index is 14.4. The number of rotatable bonds is 2. The summed E-state index contributed by atoms with van der Waals surface area (Å²) in [5.41, 5.74) is -2.52. The van der Waals surface area contributed by atoms with E-state index >= 15 is 0 Å². The standard InChI is InChI=1S/C16H10F3N3O4/c1-3-5-21-11-8-10(22-13(23)4-6-20(2)15(22)25)9(17)7-12(11)26-16(18,19)14(21)24/h1,4,6-8H,5H2,2H3. The van der Waals surface area contributed by atoms with Gasteiger partial charge in [-0.3, -0.25) is 14.5 Å². The summed E-state index contributed by atoms with van der Waals surface area (Å²) in [5, 5.41) is 0. The molecule has 1 aromatic heterocycles. The molecule has 2 aromatic rings. The number of aromatic nitrogens is 2. The normalized spacial score (nSPS) is 15.2. The Hall–Kier alpha value is -3.48. The molecule has 7 nitrogen and oxygen atoms in total. The van der Waals surface area contributed by atoms with E-state index in [1.54, 1.807) is 0 Å². The van der Waals surface area contributed by atoms with Gasteiger partial charge in [0, 0.05) is 25.4 Å². The molecule has 0 N–H and O–H groups in total. The molecule has 1 amide bonds. The van der Waals surface area contributed by atoms with E-state index in [2.05, 4.69) is 4.74 Å². The van der Waals surface area contributed by atoms with Gasteiger partial charge in [0.2, 0.25) is 0 Å². The van der Waals surface area contributed by atoms with Gasteiger partial charge in [0.05, 0.1) is 17.9 Å². The average molecular weight is 365 g/mol. The fourth-order valence-corrected chi connectivity index (χ4v) is 2.48. The van der Waals surface area contributed by atoms with Crippen LogP contribution in [0.5, 0.6) is 5.75 Å². The van der Waals surface area contributed by atoms with Crippen LogP contribution in [0.15, 0.2) is 34.0 Å². The fourth-order valence-electron chi connectivity index (χ4n) is 2.48. The van der Waals surface area contributed by atoms with Gasteiger partial charge < -0.3 is 9.30 Å². The van der Waals surface area contributed by atoms with Gasteiger partial charge in [0.1, 0.15) is 0 Å². The first-order valence-corrected chi connectivity index (χ1v) is 7.12. The molecule has 0 spiro atoms. The second kappa shape index (κ2) is 5.80. The number of amides is 1. The maximum atomic E-state index is 14.4. The van der Waals surface area contributed by atoms with Crippen molar-refractivity contribution in [3.05, 3.63) is 51.1 Å². The molecule has 0 radical (unpaired) electrons. The molecule has 2 heterocycles. The van der Waals surface area contributed by atoms with E-state index in [-0.39, 0.29) is 5.69 Å². The lowest BCUT2D eigenvalue weighted by Gasteiger charge is -2.32. The molecular weight excluding hydrogens is 355 g/mol. The van der Waals surface area contributed by atoms with Crippen molar-refractivity contribution in [3.8, 4) is 23.8 Å². The van der Waals surface area contributed by atoms with E-state index < -0.39 is 47.1 Å². The summed E-state index contributed by atoms with van der Waals surface area (Å²) in [6.45, 7) is -0.544. The predicted octanol–water partition coefficient (Wildman–Crippen LogP) is 0.627. The summed E-state index contributed by atoms with van der Waals surface area (Å²) < 4.78 is 47.6. The Kier molecular flexibility index (Phi) is 3.87. The number of aryl methyl sites for hydroxylation is 1. The van der Waals surface area contributed by atoms with Crippen LogP contribution in [-0.4, -0.2) is 27.7 Å². The van der Waals surface area contributed by atoms with Crippen LogP contribution in [0, 0.1) is 18.2 Å². The van der Waals surface area contributed by atoms with Gasteiger partial charge in [-0.1, -0.05) is 5.92 Å². The van der Waals surface area contributed by atoms with Crippen LogP contribution >= 0.6 is 0 Å². The molecule has 0 unspecified atom stereocenters. The number of hydrogen-bond acceptors (Lipinski definition) is 4. The first kappa shape index (κ1) is 17.3. The summed E-state index contributed by atoms with van der Waals surface area (Å²) in [6.07, 6.45) is 2.07. The zero-order valence-electron chi connectivity index (χ0n) is 13.2. The Bertz CT molecular complexity index is 1080. The molecule has 0 aliphatic carbocycles. The number of fused-ring (bicyclic) bond motifs is 1. The molecule has 0 saturated heterocycles. The van der Waals surface area contributed by atoms with E-state index in [0.29, 0.717) is 15.5 Å². The number of alkyl halides is 2. The van der Waals surface area contributed by atoms with E-state index in [0.717, 1.165) is 16.7 Å². The largest absolute Gasteiger partial charge is 0.483 e. The zero-order chi connectivity index (χ0) is 19.2. The Morgan fingerprint density at radius 1 is 1.23 bits per heavy atom. The van der Waals surface area contributed by atoms with Crippen LogP contribution in [0.3, 0.4) is 0 Å². The lowest BCUT2D eigenvalue weighted by Crippen LogP contribution is -2.51. The van der Waals surface area contributed by atoms with Crippen molar-refractivity contribution < 1.29 is 22.7 Å². The molecule has 3 rings (SSSR count). The smallest absolute Gasteiger partial charge is 0.423 e. The number of halogens is 3. The van der Waals surface area contributed by atoms with Crippen LogP contribution in [0.25, 0.3) is 5.69 Å². The van der Waals surface area contributed by atoms with E-state index in [1.807, 2.05) is 5.92 Å². The molecule has 0 bridgehead atoms. The summed E-state index contributed by atoms with van der Waals surface area (Å²) in [5.74, 6) is -1.51.